The highest BCUT2D eigenvalue weighted by Crippen LogP contribution is 2.22. The van der Waals surface area contributed by atoms with Gasteiger partial charge in [0.05, 0.1) is 17.2 Å². The molecule has 0 aromatic heterocycles. The molecule has 0 unspecified atom stereocenters. The fourth-order valence-corrected chi connectivity index (χ4v) is 2.66. The molecule has 2 aromatic rings. The lowest BCUT2D eigenvalue weighted by atomic mass is 10.1. The van der Waals surface area contributed by atoms with Crippen LogP contribution >= 0.6 is 0 Å². The van der Waals surface area contributed by atoms with Crippen LogP contribution in [-0.2, 0) is 16.1 Å². The van der Waals surface area contributed by atoms with Crippen molar-refractivity contribution < 1.29 is 14.3 Å². The second-order valence-corrected chi connectivity index (χ2v) is 5.58. The van der Waals surface area contributed by atoms with Crippen LogP contribution in [0.4, 0.5) is 5.69 Å². The van der Waals surface area contributed by atoms with Gasteiger partial charge in [0.25, 0.3) is 0 Å². The van der Waals surface area contributed by atoms with Crippen molar-refractivity contribution in [2.24, 2.45) is 0 Å². The third-order valence-electron chi connectivity index (χ3n) is 3.91. The molecular weight excluding hydrogens is 304 g/mol. The number of nitriles is 1. The van der Waals surface area contributed by atoms with Gasteiger partial charge < -0.3 is 9.64 Å². The van der Waals surface area contributed by atoms with E-state index >= 15 is 0 Å². The average Bonchev–Trinajstić information content (AvgIpc) is 3.06. The molecule has 3 rings (SSSR count). The number of hydrogen-bond donors (Lipinski definition) is 0. The molecule has 0 N–H and O–H groups in total. The SMILES string of the molecule is N#Cc1cccc(COC(=O)c2ccc(N3CCCC3=O)cc2)c1. The fourth-order valence-electron chi connectivity index (χ4n) is 2.66. The molecule has 0 spiro atoms. The molecule has 1 amide bonds. The molecule has 1 fully saturated rings. The smallest absolute Gasteiger partial charge is 0.338 e. The van der Waals surface area contributed by atoms with Gasteiger partial charge >= 0.3 is 5.97 Å². The molecule has 120 valence electrons. The number of carbonyl (C=O) groups is 2. The Morgan fingerprint density at radius 3 is 2.67 bits per heavy atom. The second kappa shape index (κ2) is 6.97. The van der Waals surface area contributed by atoms with E-state index in [1.54, 1.807) is 53.4 Å². The molecule has 1 aliphatic rings. The van der Waals surface area contributed by atoms with Gasteiger partial charge in [-0.05, 0) is 48.4 Å². The zero-order valence-corrected chi connectivity index (χ0v) is 13.1. The summed E-state index contributed by atoms with van der Waals surface area (Å²) in [5, 5.41) is 8.87. The number of esters is 1. The van der Waals surface area contributed by atoms with Gasteiger partial charge in [-0.25, -0.2) is 4.79 Å². The highest BCUT2D eigenvalue weighted by atomic mass is 16.5. The molecule has 1 saturated heterocycles. The lowest BCUT2D eigenvalue weighted by molar-refractivity contribution is -0.117. The van der Waals surface area contributed by atoms with Crippen molar-refractivity contribution in [1.29, 1.82) is 5.26 Å². The zero-order chi connectivity index (χ0) is 16.9. The van der Waals surface area contributed by atoms with E-state index in [0.29, 0.717) is 17.5 Å². The average molecular weight is 320 g/mol. The van der Waals surface area contributed by atoms with Crippen molar-refractivity contribution in [3.05, 3.63) is 65.2 Å². The van der Waals surface area contributed by atoms with Gasteiger partial charge in [-0.2, -0.15) is 5.26 Å². The minimum absolute atomic E-state index is 0.112. The van der Waals surface area contributed by atoms with Crippen molar-refractivity contribution in [3.63, 3.8) is 0 Å². The molecule has 0 radical (unpaired) electrons. The highest BCUT2D eigenvalue weighted by molar-refractivity contribution is 5.96. The maximum Gasteiger partial charge on any atom is 0.338 e. The van der Waals surface area contributed by atoms with Crippen molar-refractivity contribution in [1.82, 2.24) is 0 Å². The van der Waals surface area contributed by atoms with Crippen molar-refractivity contribution in [3.8, 4) is 6.07 Å². The first-order valence-corrected chi connectivity index (χ1v) is 7.74. The molecule has 0 bridgehead atoms. The Morgan fingerprint density at radius 2 is 2.00 bits per heavy atom. The van der Waals surface area contributed by atoms with Crippen LogP contribution < -0.4 is 4.90 Å². The standard InChI is InChI=1S/C19H16N2O3/c20-12-14-3-1-4-15(11-14)13-24-19(23)16-6-8-17(9-7-16)21-10-2-5-18(21)22/h1,3-4,6-9,11H,2,5,10,13H2. The van der Waals surface area contributed by atoms with Crippen LogP contribution in [0.3, 0.4) is 0 Å². The van der Waals surface area contributed by atoms with Gasteiger partial charge in [-0.1, -0.05) is 12.1 Å². The highest BCUT2D eigenvalue weighted by Gasteiger charge is 2.21. The van der Waals surface area contributed by atoms with Crippen LogP contribution in [0.1, 0.15) is 34.3 Å². The third-order valence-corrected chi connectivity index (χ3v) is 3.91. The molecule has 1 aliphatic heterocycles. The van der Waals surface area contributed by atoms with Gasteiger partial charge in [0.2, 0.25) is 5.91 Å². The summed E-state index contributed by atoms with van der Waals surface area (Å²) in [6.07, 6.45) is 1.44. The van der Waals surface area contributed by atoms with Crippen molar-refractivity contribution in [2.75, 3.05) is 11.4 Å². The molecule has 0 saturated carbocycles. The summed E-state index contributed by atoms with van der Waals surface area (Å²) in [6, 6.07) is 15.8. The number of amides is 1. The van der Waals surface area contributed by atoms with E-state index in [4.69, 9.17) is 10.00 Å². The lowest BCUT2D eigenvalue weighted by Gasteiger charge is -2.15. The van der Waals surface area contributed by atoms with E-state index in [2.05, 4.69) is 6.07 Å². The number of carbonyl (C=O) groups excluding carboxylic acids is 2. The Balaban J connectivity index is 1.62. The second-order valence-electron chi connectivity index (χ2n) is 5.58. The Morgan fingerprint density at radius 1 is 1.21 bits per heavy atom. The first kappa shape index (κ1) is 15.8. The van der Waals surface area contributed by atoms with E-state index in [1.807, 2.05) is 0 Å². The number of benzene rings is 2. The van der Waals surface area contributed by atoms with Gasteiger partial charge in [-0.15, -0.1) is 0 Å². The normalized spacial score (nSPS) is 13.6. The number of nitrogens with zero attached hydrogens (tertiary/aromatic N) is 2. The first-order valence-electron chi connectivity index (χ1n) is 7.74. The van der Waals surface area contributed by atoms with Gasteiger partial charge in [0.1, 0.15) is 6.61 Å². The van der Waals surface area contributed by atoms with E-state index in [9.17, 15) is 9.59 Å². The Bertz CT molecular complexity index is 806. The lowest BCUT2D eigenvalue weighted by Crippen LogP contribution is -2.23. The number of ether oxygens (including phenoxy) is 1. The molecule has 2 aromatic carbocycles. The number of anilines is 1. The monoisotopic (exact) mass is 320 g/mol. The minimum atomic E-state index is -0.434. The summed E-state index contributed by atoms with van der Waals surface area (Å²) in [4.78, 5) is 25.5. The molecular formula is C19H16N2O3. The topological polar surface area (TPSA) is 70.4 Å². The summed E-state index contributed by atoms with van der Waals surface area (Å²) >= 11 is 0. The van der Waals surface area contributed by atoms with Gasteiger partial charge in [0.15, 0.2) is 0 Å². The number of hydrogen-bond acceptors (Lipinski definition) is 4. The van der Waals surface area contributed by atoms with E-state index in [0.717, 1.165) is 24.2 Å². The van der Waals surface area contributed by atoms with E-state index < -0.39 is 5.97 Å². The summed E-state index contributed by atoms with van der Waals surface area (Å²) in [6.45, 7) is 0.832. The molecule has 0 atom stereocenters. The molecule has 5 heteroatoms. The summed E-state index contributed by atoms with van der Waals surface area (Å²) < 4.78 is 5.27. The molecule has 24 heavy (non-hydrogen) atoms. The summed E-state index contributed by atoms with van der Waals surface area (Å²) in [5.41, 5.74) is 2.53. The van der Waals surface area contributed by atoms with E-state index in [-0.39, 0.29) is 12.5 Å². The maximum atomic E-state index is 12.1. The van der Waals surface area contributed by atoms with Gasteiger partial charge in [0, 0.05) is 18.7 Å². The third kappa shape index (κ3) is 3.44. The maximum absolute atomic E-state index is 12.1. The van der Waals surface area contributed by atoms with Gasteiger partial charge in [-0.3, -0.25) is 4.79 Å². The Hall–Kier alpha value is -3.13. The predicted octanol–water partition coefficient (Wildman–Crippen LogP) is 3.04. The van der Waals surface area contributed by atoms with Crippen LogP contribution in [-0.4, -0.2) is 18.4 Å². The van der Waals surface area contributed by atoms with Crippen LogP contribution in [0.25, 0.3) is 0 Å². The summed E-state index contributed by atoms with van der Waals surface area (Å²) in [5.74, 6) is -0.320. The van der Waals surface area contributed by atoms with Crippen molar-refractivity contribution >= 4 is 17.6 Å². The summed E-state index contributed by atoms with van der Waals surface area (Å²) in [7, 11) is 0. The van der Waals surface area contributed by atoms with Crippen LogP contribution in [0.2, 0.25) is 0 Å². The molecule has 0 aliphatic carbocycles. The Labute approximate surface area is 140 Å². The number of rotatable bonds is 4. The fraction of sp³-hybridized carbons (Fsp3) is 0.211. The molecule has 1 heterocycles. The van der Waals surface area contributed by atoms with Crippen LogP contribution in [0, 0.1) is 11.3 Å². The minimum Gasteiger partial charge on any atom is -0.457 e. The first-order chi connectivity index (χ1) is 11.7. The van der Waals surface area contributed by atoms with Crippen LogP contribution in [0.15, 0.2) is 48.5 Å². The largest absolute Gasteiger partial charge is 0.457 e. The zero-order valence-electron chi connectivity index (χ0n) is 13.1. The van der Waals surface area contributed by atoms with Crippen LogP contribution in [0.5, 0.6) is 0 Å². The quantitative estimate of drug-likeness (QED) is 0.812. The molecule has 5 nitrogen and oxygen atoms in total. The van der Waals surface area contributed by atoms with Crippen molar-refractivity contribution in [2.45, 2.75) is 19.4 Å². The Kier molecular flexibility index (Phi) is 4.57. The predicted molar refractivity (Wildman–Crippen MR) is 88.3 cm³/mol. The van der Waals surface area contributed by atoms with E-state index in [1.165, 1.54) is 0 Å².